The molecule has 0 saturated heterocycles. The SMILES string of the molecule is CCCOc1ccc(Br)cc1C(=O)NC1CCC(C(C)(C)C)CC1. The molecule has 0 radical (unpaired) electrons. The van der Waals surface area contributed by atoms with Crippen LogP contribution in [0.1, 0.15) is 70.2 Å². The maximum absolute atomic E-state index is 12.7. The van der Waals surface area contributed by atoms with Crippen LogP contribution in [0.5, 0.6) is 5.75 Å². The monoisotopic (exact) mass is 395 g/mol. The third-order valence-corrected chi connectivity index (χ3v) is 5.43. The molecule has 0 unspecified atom stereocenters. The van der Waals surface area contributed by atoms with E-state index in [1.54, 1.807) is 0 Å². The molecule has 4 heteroatoms. The fraction of sp³-hybridized carbons (Fsp3) is 0.650. The van der Waals surface area contributed by atoms with Gasteiger partial charge in [0.25, 0.3) is 5.91 Å². The van der Waals surface area contributed by atoms with E-state index in [1.807, 2.05) is 18.2 Å². The zero-order valence-corrected chi connectivity index (χ0v) is 16.9. The Balaban J connectivity index is 1.99. The molecule has 1 aliphatic rings. The lowest BCUT2D eigenvalue weighted by Gasteiger charge is -2.37. The van der Waals surface area contributed by atoms with Gasteiger partial charge in [0, 0.05) is 10.5 Å². The van der Waals surface area contributed by atoms with Crippen LogP contribution >= 0.6 is 15.9 Å². The normalized spacial score (nSPS) is 21.4. The van der Waals surface area contributed by atoms with Crippen molar-refractivity contribution in [3.8, 4) is 5.75 Å². The fourth-order valence-corrected chi connectivity index (χ4v) is 3.75. The second-order valence-corrected chi connectivity index (χ2v) is 8.79. The number of carbonyl (C=O) groups is 1. The summed E-state index contributed by atoms with van der Waals surface area (Å²) < 4.78 is 6.63. The topological polar surface area (TPSA) is 38.3 Å². The van der Waals surface area contributed by atoms with Crippen molar-refractivity contribution in [1.82, 2.24) is 5.32 Å². The maximum Gasteiger partial charge on any atom is 0.255 e. The van der Waals surface area contributed by atoms with Crippen molar-refractivity contribution in [3.63, 3.8) is 0 Å². The molecule has 0 spiro atoms. The first-order valence-electron chi connectivity index (χ1n) is 9.04. The number of nitrogens with one attached hydrogen (secondary N) is 1. The minimum absolute atomic E-state index is 0.0263. The van der Waals surface area contributed by atoms with Crippen LogP contribution in [0.3, 0.4) is 0 Å². The molecular weight excluding hydrogens is 366 g/mol. The number of halogens is 1. The van der Waals surface area contributed by atoms with Crippen LogP contribution in [-0.4, -0.2) is 18.6 Å². The molecule has 0 bridgehead atoms. The fourth-order valence-electron chi connectivity index (χ4n) is 3.38. The van der Waals surface area contributed by atoms with Crippen molar-refractivity contribution in [2.24, 2.45) is 11.3 Å². The highest BCUT2D eigenvalue weighted by Gasteiger charge is 2.30. The van der Waals surface area contributed by atoms with Gasteiger partial charge in [-0.15, -0.1) is 0 Å². The van der Waals surface area contributed by atoms with E-state index >= 15 is 0 Å². The van der Waals surface area contributed by atoms with Gasteiger partial charge in [0.1, 0.15) is 5.75 Å². The van der Waals surface area contributed by atoms with E-state index in [2.05, 4.69) is 48.9 Å². The van der Waals surface area contributed by atoms with Crippen molar-refractivity contribution < 1.29 is 9.53 Å². The summed E-state index contributed by atoms with van der Waals surface area (Å²) in [7, 11) is 0. The first kappa shape index (κ1) is 19.3. The summed E-state index contributed by atoms with van der Waals surface area (Å²) in [4.78, 5) is 12.7. The number of hydrogen-bond acceptors (Lipinski definition) is 2. The van der Waals surface area contributed by atoms with Gasteiger partial charge in [0.05, 0.1) is 12.2 Å². The quantitative estimate of drug-likeness (QED) is 0.706. The molecule has 1 saturated carbocycles. The van der Waals surface area contributed by atoms with Crippen LogP contribution in [0.15, 0.2) is 22.7 Å². The standard InChI is InChI=1S/C20H30BrNO2/c1-5-12-24-18-11-8-15(21)13-17(18)19(23)22-16-9-6-14(7-10-16)20(2,3)4/h8,11,13-14,16H,5-7,9-10,12H2,1-4H3,(H,22,23). The lowest BCUT2D eigenvalue weighted by atomic mass is 9.71. The van der Waals surface area contributed by atoms with Crippen molar-refractivity contribution in [2.75, 3.05) is 6.61 Å². The second kappa shape index (κ2) is 8.37. The highest BCUT2D eigenvalue weighted by Crippen LogP contribution is 2.37. The summed E-state index contributed by atoms with van der Waals surface area (Å²) in [5, 5.41) is 3.21. The van der Waals surface area contributed by atoms with E-state index in [-0.39, 0.29) is 11.9 Å². The molecule has 134 valence electrons. The van der Waals surface area contributed by atoms with Gasteiger partial charge in [-0.25, -0.2) is 0 Å². The molecule has 1 aromatic rings. The molecule has 0 atom stereocenters. The molecule has 0 heterocycles. The van der Waals surface area contributed by atoms with Gasteiger partial charge in [-0.3, -0.25) is 4.79 Å². The van der Waals surface area contributed by atoms with Gasteiger partial charge in [0.2, 0.25) is 0 Å². The summed E-state index contributed by atoms with van der Waals surface area (Å²) in [6.07, 6.45) is 5.42. The van der Waals surface area contributed by atoms with Gasteiger partial charge in [-0.05, 0) is 61.6 Å². The zero-order valence-electron chi connectivity index (χ0n) is 15.3. The first-order chi connectivity index (χ1) is 11.3. The molecule has 0 aliphatic heterocycles. The minimum atomic E-state index is -0.0263. The Bertz CT molecular complexity index is 557. The predicted molar refractivity (Wildman–Crippen MR) is 103 cm³/mol. The smallest absolute Gasteiger partial charge is 0.255 e. The lowest BCUT2D eigenvalue weighted by molar-refractivity contribution is 0.0900. The van der Waals surface area contributed by atoms with Gasteiger partial charge in [0.15, 0.2) is 0 Å². The Labute approximate surface area is 154 Å². The average molecular weight is 396 g/mol. The largest absolute Gasteiger partial charge is 0.493 e. The Morgan fingerprint density at radius 1 is 1.25 bits per heavy atom. The molecule has 1 amide bonds. The van der Waals surface area contributed by atoms with Gasteiger partial charge < -0.3 is 10.1 Å². The summed E-state index contributed by atoms with van der Waals surface area (Å²) in [5.41, 5.74) is 0.983. The van der Waals surface area contributed by atoms with Crippen molar-refractivity contribution in [3.05, 3.63) is 28.2 Å². The minimum Gasteiger partial charge on any atom is -0.493 e. The van der Waals surface area contributed by atoms with E-state index < -0.39 is 0 Å². The molecule has 3 nitrogen and oxygen atoms in total. The van der Waals surface area contributed by atoms with Crippen LogP contribution in [0, 0.1) is 11.3 Å². The molecule has 0 aromatic heterocycles. The molecule has 1 aromatic carbocycles. The van der Waals surface area contributed by atoms with Gasteiger partial charge in [-0.1, -0.05) is 43.6 Å². The highest BCUT2D eigenvalue weighted by atomic mass is 79.9. The molecule has 1 N–H and O–H groups in total. The van der Waals surface area contributed by atoms with Crippen molar-refractivity contribution >= 4 is 21.8 Å². The third-order valence-electron chi connectivity index (χ3n) is 4.94. The van der Waals surface area contributed by atoms with E-state index in [0.717, 1.165) is 29.7 Å². The van der Waals surface area contributed by atoms with Crippen LogP contribution in [-0.2, 0) is 0 Å². The predicted octanol–water partition coefficient (Wildman–Crippen LogP) is 5.57. The average Bonchev–Trinajstić information content (AvgIpc) is 2.53. The summed E-state index contributed by atoms with van der Waals surface area (Å²) >= 11 is 3.45. The molecule has 2 rings (SSSR count). The number of ether oxygens (including phenoxy) is 1. The van der Waals surface area contributed by atoms with Crippen LogP contribution in [0.4, 0.5) is 0 Å². The number of hydrogen-bond donors (Lipinski definition) is 1. The van der Waals surface area contributed by atoms with Crippen LogP contribution < -0.4 is 10.1 Å². The molecule has 24 heavy (non-hydrogen) atoms. The van der Waals surface area contributed by atoms with Gasteiger partial charge in [-0.2, -0.15) is 0 Å². The zero-order chi connectivity index (χ0) is 17.7. The van der Waals surface area contributed by atoms with E-state index in [1.165, 1.54) is 12.8 Å². The Morgan fingerprint density at radius 3 is 2.50 bits per heavy atom. The number of rotatable bonds is 5. The summed E-state index contributed by atoms with van der Waals surface area (Å²) in [6.45, 7) is 9.63. The molecule has 1 fully saturated rings. The molecule has 1 aliphatic carbocycles. The Morgan fingerprint density at radius 2 is 1.92 bits per heavy atom. The summed E-state index contributed by atoms with van der Waals surface area (Å²) in [5.74, 6) is 1.39. The van der Waals surface area contributed by atoms with Crippen LogP contribution in [0.2, 0.25) is 0 Å². The number of benzene rings is 1. The Hall–Kier alpha value is -1.03. The van der Waals surface area contributed by atoms with E-state index in [0.29, 0.717) is 23.3 Å². The van der Waals surface area contributed by atoms with E-state index in [9.17, 15) is 4.79 Å². The lowest BCUT2D eigenvalue weighted by Crippen LogP contribution is -2.39. The highest BCUT2D eigenvalue weighted by molar-refractivity contribution is 9.10. The molecular formula is C20H30BrNO2. The number of carbonyl (C=O) groups excluding carboxylic acids is 1. The van der Waals surface area contributed by atoms with Crippen LogP contribution in [0.25, 0.3) is 0 Å². The first-order valence-corrected chi connectivity index (χ1v) is 9.83. The third kappa shape index (κ3) is 5.23. The number of amides is 1. The maximum atomic E-state index is 12.7. The summed E-state index contributed by atoms with van der Waals surface area (Å²) in [6, 6.07) is 5.90. The second-order valence-electron chi connectivity index (χ2n) is 7.88. The van der Waals surface area contributed by atoms with Crippen molar-refractivity contribution in [1.29, 1.82) is 0 Å². The van der Waals surface area contributed by atoms with Crippen molar-refractivity contribution in [2.45, 2.75) is 65.8 Å². The van der Waals surface area contributed by atoms with E-state index in [4.69, 9.17) is 4.74 Å². The Kier molecular flexibility index (Phi) is 6.73. The van der Waals surface area contributed by atoms with Gasteiger partial charge >= 0.3 is 0 Å².